The first kappa shape index (κ1) is 16.3. The number of hydrogen-bond donors (Lipinski definition) is 1. The molecule has 0 unspecified atom stereocenters. The van der Waals surface area contributed by atoms with Gasteiger partial charge in [-0.05, 0) is 17.2 Å². The number of aromatic nitrogens is 4. The zero-order valence-electron chi connectivity index (χ0n) is 13.0. The molecule has 0 saturated heterocycles. The molecule has 0 amide bonds. The summed E-state index contributed by atoms with van der Waals surface area (Å²) in [4.78, 5) is 0. The highest BCUT2D eigenvalue weighted by Crippen LogP contribution is 2.27. The van der Waals surface area contributed by atoms with Crippen LogP contribution < -0.4 is 5.73 Å². The van der Waals surface area contributed by atoms with Crippen LogP contribution in [0.5, 0.6) is 0 Å². The number of halogens is 3. The molecule has 2 N–H and O–H groups in total. The maximum atomic E-state index is 12.6. The minimum atomic E-state index is -4.42. The topological polar surface area (TPSA) is 61.7 Å². The molecule has 0 fully saturated rings. The van der Waals surface area contributed by atoms with E-state index >= 15 is 0 Å². The fourth-order valence-electron chi connectivity index (χ4n) is 2.52. The maximum absolute atomic E-state index is 12.6. The number of nitrogens with zero attached hydrogens (tertiary/aromatic N) is 4. The van der Waals surface area contributed by atoms with Gasteiger partial charge in [-0.15, -0.1) is 0 Å². The van der Waals surface area contributed by atoms with Crippen molar-refractivity contribution in [3.63, 3.8) is 0 Å². The molecule has 2 heterocycles. The van der Waals surface area contributed by atoms with Gasteiger partial charge in [0.1, 0.15) is 0 Å². The van der Waals surface area contributed by atoms with Crippen molar-refractivity contribution in [3.05, 3.63) is 59.7 Å². The third-order valence-electron chi connectivity index (χ3n) is 3.80. The first-order chi connectivity index (χ1) is 11.4. The molecule has 0 aliphatic carbocycles. The second-order valence-electron chi connectivity index (χ2n) is 5.43. The Labute approximate surface area is 136 Å². The third-order valence-corrected chi connectivity index (χ3v) is 3.80. The zero-order chi connectivity index (χ0) is 17.3. The quantitative estimate of drug-likeness (QED) is 0.797. The number of alkyl halides is 3. The van der Waals surface area contributed by atoms with Gasteiger partial charge in [-0.1, -0.05) is 24.3 Å². The van der Waals surface area contributed by atoms with E-state index in [9.17, 15) is 13.2 Å². The van der Waals surface area contributed by atoms with Gasteiger partial charge in [-0.3, -0.25) is 9.36 Å². The Morgan fingerprint density at radius 3 is 2.42 bits per heavy atom. The lowest BCUT2D eigenvalue weighted by Gasteiger charge is -2.06. The maximum Gasteiger partial charge on any atom is 0.435 e. The Morgan fingerprint density at radius 2 is 1.83 bits per heavy atom. The summed E-state index contributed by atoms with van der Waals surface area (Å²) in [5.74, 6) is 0. The predicted octanol–water partition coefficient (Wildman–Crippen LogP) is 2.81. The van der Waals surface area contributed by atoms with Gasteiger partial charge in [-0.2, -0.15) is 23.4 Å². The molecule has 24 heavy (non-hydrogen) atoms. The fraction of sp³-hybridized carbons (Fsp3) is 0.250. The van der Waals surface area contributed by atoms with Crippen LogP contribution in [-0.2, 0) is 26.3 Å². The van der Waals surface area contributed by atoms with Crippen LogP contribution in [0.25, 0.3) is 11.1 Å². The predicted molar refractivity (Wildman–Crippen MR) is 82.9 cm³/mol. The molecular weight excluding hydrogens is 319 g/mol. The third kappa shape index (κ3) is 3.18. The van der Waals surface area contributed by atoms with Gasteiger partial charge >= 0.3 is 6.18 Å². The van der Waals surface area contributed by atoms with Crippen LogP contribution in [0.3, 0.4) is 0 Å². The number of benzene rings is 1. The second-order valence-corrected chi connectivity index (χ2v) is 5.43. The molecule has 3 rings (SSSR count). The Hall–Kier alpha value is -2.61. The van der Waals surface area contributed by atoms with Crippen molar-refractivity contribution in [1.29, 1.82) is 0 Å². The average Bonchev–Trinajstić information content (AvgIpc) is 3.14. The van der Waals surface area contributed by atoms with Crippen LogP contribution in [0.2, 0.25) is 0 Å². The first-order valence-electron chi connectivity index (χ1n) is 7.29. The van der Waals surface area contributed by atoms with Crippen LogP contribution in [0.1, 0.15) is 17.0 Å². The minimum absolute atomic E-state index is 0.271. The number of rotatable bonds is 4. The molecule has 0 spiro atoms. The van der Waals surface area contributed by atoms with Gasteiger partial charge < -0.3 is 5.73 Å². The SMILES string of the molecule is Cn1ncc(-c2ccc(Cn3ccc(C(F)(F)F)n3)cc2)c1CN. The van der Waals surface area contributed by atoms with Gasteiger partial charge in [-0.25, -0.2) is 0 Å². The van der Waals surface area contributed by atoms with Crippen molar-refractivity contribution in [1.82, 2.24) is 19.6 Å². The van der Waals surface area contributed by atoms with E-state index in [2.05, 4.69) is 10.2 Å². The highest BCUT2D eigenvalue weighted by atomic mass is 19.4. The number of aryl methyl sites for hydroxylation is 1. The van der Waals surface area contributed by atoms with Crippen molar-refractivity contribution in [2.75, 3.05) is 0 Å². The molecule has 1 aromatic carbocycles. The Bertz CT molecular complexity index is 830. The van der Waals surface area contributed by atoms with Gasteiger partial charge in [0.25, 0.3) is 0 Å². The molecule has 3 aromatic rings. The van der Waals surface area contributed by atoms with Crippen LogP contribution in [0, 0.1) is 0 Å². The lowest BCUT2D eigenvalue weighted by Crippen LogP contribution is -2.08. The van der Waals surface area contributed by atoms with Gasteiger partial charge in [0.05, 0.1) is 18.4 Å². The molecule has 5 nitrogen and oxygen atoms in total. The van der Waals surface area contributed by atoms with Crippen molar-refractivity contribution in [2.45, 2.75) is 19.3 Å². The fourth-order valence-corrected chi connectivity index (χ4v) is 2.52. The summed E-state index contributed by atoms with van der Waals surface area (Å²) in [6.07, 6.45) is -1.35. The monoisotopic (exact) mass is 335 g/mol. The Balaban J connectivity index is 1.78. The van der Waals surface area contributed by atoms with Crippen molar-refractivity contribution < 1.29 is 13.2 Å². The van der Waals surface area contributed by atoms with E-state index in [-0.39, 0.29) is 6.54 Å². The smallest absolute Gasteiger partial charge is 0.325 e. The molecule has 0 bridgehead atoms. The van der Waals surface area contributed by atoms with Crippen LogP contribution in [0.15, 0.2) is 42.7 Å². The lowest BCUT2D eigenvalue weighted by molar-refractivity contribution is -0.141. The highest BCUT2D eigenvalue weighted by Gasteiger charge is 2.33. The van der Waals surface area contributed by atoms with Gasteiger partial charge in [0.15, 0.2) is 5.69 Å². The van der Waals surface area contributed by atoms with Crippen LogP contribution >= 0.6 is 0 Å². The molecule has 2 aromatic heterocycles. The second kappa shape index (κ2) is 6.12. The number of hydrogen-bond acceptors (Lipinski definition) is 3. The van der Waals surface area contributed by atoms with E-state index in [0.717, 1.165) is 28.5 Å². The van der Waals surface area contributed by atoms with E-state index in [0.29, 0.717) is 6.54 Å². The standard InChI is InChI=1S/C16H16F3N5/c1-23-14(8-20)13(9-21-23)12-4-2-11(3-5-12)10-24-7-6-15(22-24)16(17,18)19/h2-7,9H,8,10,20H2,1H3. The Morgan fingerprint density at radius 1 is 1.12 bits per heavy atom. The summed E-state index contributed by atoms with van der Waals surface area (Å²) >= 11 is 0. The van der Waals surface area contributed by atoms with Crippen molar-refractivity contribution in [2.24, 2.45) is 12.8 Å². The molecule has 0 aliphatic heterocycles. The highest BCUT2D eigenvalue weighted by molar-refractivity contribution is 5.65. The van der Waals surface area contributed by atoms with Crippen LogP contribution in [-0.4, -0.2) is 19.6 Å². The molecule has 0 aliphatic rings. The lowest BCUT2D eigenvalue weighted by atomic mass is 10.0. The molecule has 8 heteroatoms. The summed E-state index contributed by atoms with van der Waals surface area (Å²) in [5, 5.41) is 7.75. The van der Waals surface area contributed by atoms with E-state index < -0.39 is 11.9 Å². The summed E-state index contributed by atoms with van der Waals surface area (Å²) in [6.45, 7) is 0.647. The van der Waals surface area contributed by atoms with Gasteiger partial charge in [0.2, 0.25) is 0 Å². The summed E-state index contributed by atoms with van der Waals surface area (Å²) in [5.41, 5.74) is 8.54. The molecular formula is C16H16F3N5. The van der Waals surface area contributed by atoms with E-state index in [4.69, 9.17) is 5.73 Å². The molecule has 0 radical (unpaired) electrons. The van der Waals surface area contributed by atoms with Crippen molar-refractivity contribution >= 4 is 0 Å². The van der Waals surface area contributed by atoms with Gasteiger partial charge in [0, 0.05) is 25.4 Å². The molecule has 0 saturated carbocycles. The van der Waals surface area contributed by atoms with E-state index in [1.807, 2.05) is 31.3 Å². The average molecular weight is 335 g/mol. The summed E-state index contributed by atoms with van der Waals surface area (Å²) in [6, 6.07) is 8.49. The first-order valence-corrected chi connectivity index (χ1v) is 7.29. The zero-order valence-corrected chi connectivity index (χ0v) is 13.0. The van der Waals surface area contributed by atoms with Crippen LogP contribution in [0.4, 0.5) is 13.2 Å². The normalized spacial score (nSPS) is 11.9. The van der Waals surface area contributed by atoms with Crippen molar-refractivity contribution in [3.8, 4) is 11.1 Å². The molecule has 0 atom stereocenters. The van der Waals surface area contributed by atoms with E-state index in [1.54, 1.807) is 10.9 Å². The number of nitrogens with two attached hydrogens (primary N) is 1. The largest absolute Gasteiger partial charge is 0.435 e. The molecule has 126 valence electrons. The summed E-state index contributed by atoms with van der Waals surface area (Å²) in [7, 11) is 1.83. The minimum Gasteiger partial charge on any atom is -0.325 e. The summed E-state index contributed by atoms with van der Waals surface area (Å²) < 4.78 is 40.7. The Kier molecular flexibility index (Phi) is 4.15. The van der Waals surface area contributed by atoms with E-state index in [1.165, 1.54) is 10.9 Å².